The summed E-state index contributed by atoms with van der Waals surface area (Å²) in [4.78, 5) is 24.2. The Labute approximate surface area is 83.0 Å². The molecule has 2 aromatic rings. The van der Waals surface area contributed by atoms with Crippen LogP contribution in [0.15, 0.2) is 29.1 Å². The number of hydrogen-bond donors (Lipinski definition) is 2. The number of aromatic carboxylic acids is 1. The second-order valence-corrected chi connectivity index (χ2v) is 3.02. The van der Waals surface area contributed by atoms with Crippen LogP contribution in [0.25, 0.3) is 10.9 Å². The molecule has 1 aromatic carbocycles. The lowest BCUT2D eigenvalue weighted by molar-refractivity contribution is 0.0695. The van der Waals surface area contributed by atoms with Crippen LogP contribution in [0.5, 0.6) is 0 Å². The van der Waals surface area contributed by atoms with Crippen LogP contribution in [0.1, 0.15) is 10.4 Å². The molecule has 0 radical (unpaired) electrons. The second-order valence-electron chi connectivity index (χ2n) is 3.02. The largest absolute Gasteiger partial charge is 0.477 e. The highest BCUT2D eigenvalue weighted by molar-refractivity contribution is 5.92. The van der Waals surface area contributed by atoms with E-state index in [4.69, 9.17) is 5.11 Å². The van der Waals surface area contributed by atoms with Crippen LogP contribution in [0.3, 0.4) is 0 Å². The lowest BCUT2D eigenvalue weighted by Crippen LogP contribution is -2.17. The SMILES string of the molecule is O=C(O)c1cc2c(F)cccc2[nH]c1=O. The van der Waals surface area contributed by atoms with Crippen LogP contribution in [-0.4, -0.2) is 16.1 Å². The zero-order valence-corrected chi connectivity index (χ0v) is 7.45. The summed E-state index contributed by atoms with van der Waals surface area (Å²) in [6, 6.07) is 5.18. The number of hydrogen-bond acceptors (Lipinski definition) is 2. The van der Waals surface area contributed by atoms with Crippen LogP contribution in [-0.2, 0) is 0 Å². The Morgan fingerprint density at radius 3 is 2.80 bits per heavy atom. The Morgan fingerprint density at radius 1 is 1.40 bits per heavy atom. The minimum absolute atomic E-state index is 0.0921. The van der Waals surface area contributed by atoms with Gasteiger partial charge in [0.05, 0.1) is 5.52 Å². The van der Waals surface area contributed by atoms with E-state index < -0.39 is 22.9 Å². The van der Waals surface area contributed by atoms with Crippen molar-refractivity contribution in [2.75, 3.05) is 0 Å². The molecule has 0 fully saturated rings. The van der Waals surface area contributed by atoms with Crippen molar-refractivity contribution in [3.8, 4) is 0 Å². The molecule has 4 nitrogen and oxygen atoms in total. The fourth-order valence-electron chi connectivity index (χ4n) is 1.35. The molecule has 0 saturated heterocycles. The van der Waals surface area contributed by atoms with Gasteiger partial charge in [-0.1, -0.05) is 6.07 Å². The van der Waals surface area contributed by atoms with E-state index in [1.54, 1.807) is 0 Å². The number of rotatable bonds is 1. The number of fused-ring (bicyclic) bond motifs is 1. The summed E-state index contributed by atoms with van der Waals surface area (Å²) >= 11 is 0. The molecule has 0 saturated carbocycles. The first-order chi connectivity index (χ1) is 7.09. The molecule has 2 N–H and O–H groups in total. The minimum atomic E-state index is -1.37. The molecule has 2 rings (SSSR count). The fraction of sp³-hybridized carbons (Fsp3) is 0. The van der Waals surface area contributed by atoms with E-state index in [2.05, 4.69) is 4.98 Å². The van der Waals surface area contributed by atoms with E-state index in [1.807, 2.05) is 0 Å². The summed E-state index contributed by atoms with van der Waals surface area (Å²) in [5, 5.41) is 8.77. The number of halogens is 1. The predicted octanol–water partition coefficient (Wildman–Crippen LogP) is 1.37. The molecule has 5 heteroatoms. The number of pyridine rings is 1. The van der Waals surface area contributed by atoms with Crippen molar-refractivity contribution in [2.24, 2.45) is 0 Å². The summed E-state index contributed by atoms with van der Waals surface area (Å²) in [5.74, 6) is -1.94. The van der Waals surface area contributed by atoms with Crippen molar-refractivity contribution in [2.45, 2.75) is 0 Å². The predicted molar refractivity (Wildman–Crippen MR) is 51.5 cm³/mol. The van der Waals surface area contributed by atoms with Crippen LogP contribution in [0, 0.1) is 5.82 Å². The van der Waals surface area contributed by atoms with Crippen LogP contribution in [0.4, 0.5) is 4.39 Å². The van der Waals surface area contributed by atoms with Crippen molar-refractivity contribution in [3.63, 3.8) is 0 Å². The standard InChI is InChI=1S/C10H6FNO3/c11-7-2-1-3-8-5(7)4-6(10(14)15)9(13)12-8/h1-4H,(H,12,13)(H,14,15). The third-order valence-electron chi connectivity index (χ3n) is 2.06. The monoisotopic (exact) mass is 207 g/mol. The number of carboxylic acids is 1. The lowest BCUT2D eigenvalue weighted by atomic mass is 10.1. The minimum Gasteiger partial charge on any atom is -0.477 e. The molecule has 0 atom stereocenters. The molecule has 76 valence electrons. The van der Waals surface area contributed by atoms with Crippen molar-refractivity contribution in [1.29, 1.82) is 0 Å². The van der Waals surface area contributed by atoms with Gasteiger partial charge in [0.1, 0.15) is 11.4 Å². The molecule has 0 aliphatic rings. The van der Waals surface area contributed by atoms with Gasteiger partial charge in [0.15, 0.2) is 0 Å². The maximum Gasteiger partial charge on any atom is 0.341 e. The first-order valence-electron chi connectivity index (χ1n) is 4.14. The van der Waals surface area contributed by atoms with E-state index in [-0.39, 0.29) is 10.9 Å². The van der Waals surface area contributed by atoms with E-state index in [1.165, 1.54) is 18.2 Å². The normalized spacial score (nSPS) is 10.5. The maximum absolute atomic E-state index is 13.2. The average Bonchev–Trinajstić information content (AvgIpc) is 2.16. The highest BCUT2D eigenvalue weighted by atomic mass is 19.1. The van der Waals surface area contributed by atoms with Crippen LogP contribution < -0.4 is 5.56 Å². The zero-order valence-electron chi connectivity index (χ0n) is 7.45. The number of aromatic amines is 1. The van der Waals surface area contributed by atoms with E-state index in [0.717, 1.165) is 6.07 Å². The third-order valence-corrected chi connectivity index (χ3v) is 2.06. The van der Waals surface area contributed by atoms with Gasteiger partial charge in [-0.3, -0.25) is 4.79 Å². The van der Waals surface area contributed by atoms with Gasteiger partial charge in [-0.25, -0.2) is 9.18 Å². The summed E-state index contributed by atoms with van der Waals surface area (Å²) in [7, 11) is 0. The number of H-pyrrole nitrogens is 1. The van der Waals surface area contributed by atoms with Crippen molar-refractivity contribution in [1.82, 2.24) is 4.98 Å². The molecular weight excluding hydrogens is 201 g/mol. The van der Waals surface area contributed by atoms with Crippen LogP contribution >= 0.6 is 0 Å². The number of benzene rings is 1. The third kappa shape index (κ3) is 1.48. The molecule has 0 bridgehead atoms. The van der Waals surface area contributed by atoms with Gasteiger partial charge in [0.2, 0.25) is 0 Å². The molecule has 0 unspecified atom stereocenters. The topological polar surface area (TPSA) is 70.2 Å². The zero-order chi connectivity index (χ0) is 11.0. The van der Waals surface area contributed by atoms with Crippen LogP contribution in [0.2, 0.25) is 0 Å². The summed E-state index contributed by atoms with van der Waals surface area (Å²) in [6.45, 7) is 0. The number of aromatic nitrogens is 1. The van der Waals surface area contributed by atoms with Gasteiger partial charge in [-0.05, 0) is 18.2 Å². The van der Waals surface area contributed by atoms with Gasteiger partial charge in [0.25, 0.3) is 5.56 Å². The fourth-order valence-corrected chi connectivity index (χ4v) is 1.35. The molecular formula is C10H6FNO3. The van der Waals surface area contributed by atoms with Gasteiger partial charge in [0, 0.05) is 5.39 Å². The highest BCUT2D eigenvalue weighted by Gasteiger charge is 2.11. The van der Waals surface area contributed by atoms with E-state index in [0.29, 0.717) is 0 Å². The molecule has 0 aliphatic carbocycles. The van der Waals surface area contributed by atoms with E-state index >= 15 is 0 Å². The molecule has 0 spiro atoms. The first kappa shape index (κ1) is 9.39. The summed E-state index contributed by atoms with van der Waals surface area (Å²) in [6.07, 6.45) is 0. The van der Waals surface area contributed by atoms with Gasteiger partial charge in [-0.15, -0.1) is 0 Å². The van der Waals surface area contributed by atoms with Crippen molar-refractivity contribution >= 4 is 16.9 Å². The van der Waals surface area contributed by atoms with Gasteiger partial charge >= 0.3 is 5.97 Å². The second kappa shape index (κ2) is 3.20. The molecule has 1 heterocycles. The molecule has 0 amide bonds. The Bertz CT molecular complexity index is 603. The Hall–Kier alpha value is -2.17. The molecule has 15 heavy (non-hydrogen) atoms. The van der Waals surface area contributed by atoms with Gasteiger partial charge in [-0.2, -0.15) is 0 Å². The van der Waals surface area contributed by atoms with Crippen molar-refractivity contribution < 1.29 is 14.3 Å². The van der Waals surface area contributed by atoms with Gasteiger partial charge < -0.3 is 10.1 Å². The maximum atomic E-state index is 13.2. The number of nitrogens with one attached hydrogen (secondary N) is 1. The Balaban J connectivity index is 2.90. The summed E-state index contributed by atoms with van der Waals surface area (Å²) in [5.41, 5.74) is -0.918. The first-order valence-corrected chi connectivity index (χ1v) is 4.14. The highest BCUT2D eigenvalue weighted by Crippen LogP contribution is 2.14. The smallest absolute Gasteiger partial charge is 0.341 e. The Morgan fingerprint density at radius 2 is 2.13 bits per heavy atom. The number of carbonyl (C=O) groups is 1. The molecule has 1 aromatic heterocycles. The van der Waals surface area contributed by atoms with Crippen molar-refractivity contribution in [3.05, 3.63) is 46.0 Å². The quantitative estimate of drug-likeness (QED) is 0.741. The molecule has 0 aliphatic heterocycles. The lowest BCUT2D eigenvalue weighted by Gasteiger charge is -2.00. The Kier molecular flexibility index (Phi) is 2.00. The van der Waals surface area contributed by atoms with E-state index in [9.17, 15) is 14.0 Å². The number of carboxylic acid groups (broad SMARTS) is 1. The summed E-state index contributed by atoms with van der Waals surface area (Å²) < 4.78 is 13.2. The average molecular weight is 207 g/mol.